The molecule has 1 aromatic heterocycles. The SMILES string of the molecule is CCCCCCCCCCCCc1ccc(-c2ncc(CCCCCCCCCC(C)C)cn2)cc1. The summed E-state index contributed by atoms with van der Waals surface area (Å²) >= 11 is 0. The third-order valence-corrected chi connectivity index (χ3v) is 7.48. The predicted octanol–water partition coefficient (Wildman–Crippen LogP) is 10.9. The highest BCUT2D eigenvalue weighted by Crippen LogP contribution is 2.18. The van der Waals surface area contributed by atoms with Crippen LogP contribution in [-0.2, 0) is 12.8 Å². The van der Waals surface area contributed by atoms with Crippen molar-refractivity contribution in [2.75, 3.05) is 0 Å². The molecule has 0 bridgehead atoms. The van der Waals surface area contributed by atoms with Crippen molar-refractivity contribution in [1.82, 2.24) is 9.97 Å². The standard InChI is InChI=1S/C34H56N2/c1-4-5-6-7-8-9-10-13-16-19-22-31-24-26-33(27-25-31)34-35-28-32(29-36-34)23-20-17-14-11-12-15-18-21-30(2)3/h24-30H,4-23H2,1-3H3. The average Bonchev–Trinajstić information content (AvgIpc) is 2.89. The first-order valence-electron chi connectivity index (χ1n) is 15.6. The van der Waals surface area contributed by atoms with E-state index in [-0.39, 0.29) is 0 Å². The van der Waals surface area contributed by atoms with Gasteiger partial charge in [-0.25, -0.2) is 9.97 Å². The van der Waals surface area contributed by atoms with Crippen LogP contribution in [0.15, 0.2) is 36.7 Å². The topological polar surface area (TPSA) is 25.8 Å². The van der Waals surface area contributed by atoms with Crippen molar-refractivity contribution in [2.24, 2.45) is 5.92 Å². The Hall–Kier alpha value is -1.70. The zero-order chi connectivity index (χ0) is 25.7. The number of hydrogen-bond donors (Lipinski definition) is 0. The fourth-order valence-corrected chi connectivity index (χ4v) is 5.04. The molecule has 2 nitrogen and oxygen atoms in total. The van der Waals surface area contributed by atoms with Gasteiger partial charge < -0.3 is 0 Å². The van der Waals surface area contributed by atoms with Gasteiger partial charge in [0.05, 0.1) is 0 Å². The largest absolute Gasteiger partial charge is 0.236 e. The number of aryl methyl sites for hydroxylation is 2. The molecule has 0 aliphatic carbocycles. The smallest absolute Gasteiger partial charge is 0.159 e. The van der Waals surface area contributed by atoms with Gasteiger partial charge in [0.15, 0.2) is 5.82 Å². The second-order valence-corrected chi connectivity index (χ2v) is 11.5. The maximum atomic E-state index is 4.66. The lowest BCUT2D eigenvalue weighted by Gasteiger charge is -2.06. The van der Waals surface area contributed by atoms with Gasteiger partial charge in [-0.3, -0.25) is 0 Å². The van der Waals surface area contributed by atoms with E-state index in [9.17, 15) is 0 Å². The highest BCUT2D eigenvalue weighted by atomic mass is 14.9. The quantitative estimate of drug-likeness (QED) is 0.153. The Morgan fingerprint density at radius 1 is 0.528 bits per heavy atom. The summed E-state index contributed by atoms with van der Waals surface area (Å²) < 4.78 is 0. The zero-order valence-electron chi connectivity index (χ0n) is 24.1. The zero-order valence-corrected chi connectivity index (χ0v) is 24.1. The van der Waals surface area contributed by atoms with Gasteiger partial charge in [0, 0.05) is 18.0 Å². The van der Waals surface area contributed by atoms with E-state index in [0.29, 0.717) is 0 Å². The Morgan fingerprint density at radius 3 is 1.47 bits per heavy atom. The normalized spacial score (nSPS) is 11.4. The molecule has 0 atom stereocenters. The molecule has 0 radical (unpaired) electrons. The van der Waals surface area contributed by atoms with Crippen LogP contribution in [0.2, 0.25) is 0 Å². The van der Waals surface area contributed by atoms with E-state index >= 15 is 0 Å². The number of rotatable bonds is 22. The Labute approximate surface area is 224 Å². The van der Waals surface area contributed by atoms with Gasteiger partial charge in [-0.1, -0.05) is 148 Å². The van der Waals surface area contributed by atoms with E-state index in [1.54, 1.807) is 0 Å². The third-order valence-electron chi connectivity index (χ3n) is 7.48. The number of unbranched alkanes of at least 4 members (excludes halogenated alkanes) is 15. The molecule has 202 valence electrons. The van der Waals surface area contributed by atoms with Crippen LogP contribution in [0.25, 0.3) is 11.4 Å². The number of aromatic nitrogens is 2. The molecule has 0 saturated heterocycles. The van der Waals surface area contributed by atoms with Gasteiger partial charge in [0.1, 0.15) is 0 Å². The molecule has 2 rings (SSSR count). The van der Waals surface area contributed by atoms with Crippen LogP contribution in [-0.4, -0.2) is 9.97 Å². The molecule has 1 heterocycles. The van der Waals surface area contributed by atoms with E-state index in [2.05, 4.69) is 55.0 Å². The first kappa shape index (κ1) is 30.5. The summed E-state index contributed by atoms with van der Waals surface area (Å²) in [5.41, 5.74) is 3.84. The summed E-state index contributed by atoms with van der Waals surface area (Å²) in [7, 11) is 0. The van der Waals surface area contributed by atoms with Crippen LogP contribution in [0.5, 0.6) is 0 Å². The van der Waals surface area contributed by atoms with Crippen LogP contribution in [0.3, 0.4) is 0 Å². The monoisotopic (exact) mass is 492 g/mol. The van der Waals surface area contributed by atoms with Gasteiger partial charge in [0.2, 0.25) is 0 Å². The molecule has 0 saturated carbocycles. The van der Waals surface area contributed by atoms with E-state index in [1.807, 2.05) is 12.4 Å². The summed E-state index contributed by atoms with van der Waals surface area (Å²) in [4.78, 5) is 9.32. The Balaban J connectivity index is 1.54. The van der Waals surface area contributed by atoms with Gasteiger partial charge in [-0.2, -0.15) is 0 Å². The molecule has 0 unspecified atom stereocenters. The summed E-state index contributed by atoms with van der Waals surface area (Å²) in [6.07, 6.45) is 31.3. The minimum Gasteiger partial charge on any atom is -0.236 e. The molecule has 2 aromatic rings. The van der Waals surface area contributed by atoms with Gasteiger partial charge in [-0.15, -0.1) is 0 Å². The molecule has 1 aromatic carbocycles. The summed E-state index contributed by atoms with van der Waals surface area (Å²) in [5.74, 6) is 1.71. The van der Waals surface area contributed by atoms with Crippen molar-refractivity contribution < 1.29 is 0 Å². The third kappa shape index (κ3) is 14.8. The molecule has 0 amide bonds. The van der Waals surface area contributed by atoms with E-state index in [4.69, 9.17) is 0 Å². The van der Waals surface area contributed by atoms with Crippen molar-refractivity contribution in [3.8, 4) is 11.4 Å². The second-order valence-electron chi connectivity index (χ2n) is 11.5. The van der Waals surface area contributed by atoms with Crippen LogP contribution in [0, 0.1) is 5.92 Å². The molecule has 0 fully saturated rings. The highest BCUT2D eigenvalue weighted by Gasteiger charge is 2.03. The first-order valence-corrected chi connectivity index (χ1v) is 15.6. The molecule has 2 heteroatoms. The van der Waals surface area contributed by atoms with Crippen LogP contribution in [0.1, 0.15) is 147 Å². The Kier molecular flexibility index (Phi) is 17.3. The molecule has 0 spiro atoms. The van der Waals surface area contributed by atoms with Gasteiger partial charge >= 0.3 is 0 Å². The Bertz CT molecular complexity index is 748. The van der Waals surface area contributed by atoms with E-state index < -0.39 is 0 Å². The minimum atomic E-state index is 0.852. The van der Waals surface area contributed by atoms with Crippen molar-refractivity contribution in [2.45, 2.75) is 149 Å². The van der Waals surface area contributed by atoms with Crippen molar-refractivity contribution in [3.05, 3.63) is 47.8 Å². The van der Waals surface area contributed by atoms with Crippen molar-refractivity contribution >= 4 is 0 Å². The average molecular weight is 493 g/mol. The summed E-state index contributed by atoms with van der Waals surface area (Å²) in [6.45, 7) is 6.94. The van der Waals surface area contributed by atoms with E-state index in [1.165, 1.54) is 133 Å². The molecular weight excluding hydrogens is 436 g/mol. The molecule has 0 aliphatic heterocycles. The molecule has 36 heavy (non-hydrogen) atoms. The lowest BCUT2D eigenvalue weighted by molar-refractivity contribution is 0.509. The van der Waals surface area contributed by atoms with Gasteiger partial charge in [0.25, 0.3) is 0 Å². The maximum Gasteiger partial charge on any atom is 0.159 e. The predicted molar refractivity (Wildman–Crippen MR) is 158 cm³/mol. The number of nitrogens with zero attached hydrogens (tertiary/aromatic N) is 2. The maximum absolute atomic E-state index is 4.66. The number of benzene rings is 1. The Morgan fingerprint density at radius 2 is 0.972 bits per heavy atom. The van der Waals surface area contributed by atoms with Crippen molar-refractivity contribution in [1.29, 1.82) is 0 Å². The van der Waals surface area contributed by atoms with Crippen LogP contribution < -0.4 is 0 Å². The summed E-state index contributed by atoms with van der Waals surface area (Å²) in [5, 5.41) is 0. The number of hydrogen-bond acceptors (Lipinski definition) is 2. The van der Waals surface area contributed by atoms with Crippen molar-refractivity contribution in [3.63, 3.8) is 0 Å². The minimum absolute atomic E-state index is 0.852. The fourth-order valence-electron chi connectivity index (χ4n) is 5.04. The van der Waals surface area contributed by atoms with E-state index in [0.717, 1.165) is 23.7 Å². The lowest BCUT2D eigenvalue weighted by Crippen LogP contribution is -1.94. The summed E-state index contributed by atoms with van der Waals surface area (Å²) in [6, 6.07) is 8.93. The lowest BCUT2D eigenvalue weighted by atomic mass is 10.0. The fraction of sp³-hybridized carbons (Fsp3) is 0.706. The van der Waals surface area contributed by atoms with Gasteiger partial charge in [-0.05, 0) is 42.7 Å². The highest BCUT2D eigenvalue weighted by molar-refractivity contribution is 5.55. The van der Waals surface area contributed by atoms with Crippen LogP contribution in [0.4, 0.5) is 0 Å². The first-order chi connectivity index (χ1) is 17.7. The molecule has 0 aliphatic rings. The van der Waals surface area contributed by atoms with Crippen LogP contribution >= 0.6 is 0 Å². The second kappa shape index (κ2) is 20.4. The molecular formula is C34H56N2. The molecule has 0 N–H and O–H groups in total.